The molecule has 0 atom stereocenters. The second-order valence-electron chi connectivity index (χ2n) is 6.13. The average molecular weight is 415 g/mol. The van der Waals surface area contributed by atoms with Gasteiger partial charge in [-0.15, -0.1) is 0 Å². The van der Waals surface area contributed by atoms with Gasteiger partial charge in [0, 0.05) is 6.20 Å². The molecule has 0 spiro atoms. The van der Waals surface area contributed by atoms with Crippen LogP contribution < -0.4 is 5.32 Å². The highest BCUT2D eigenvalue weighted by Crippen LogP contribution is 2.26. The van der Waals surface area contributed by atoms with Crippen LogP contribution in [-0.2, 0) is 11.3 Å². The largest absolute Gasteiger partial charge is 0.490 e. The molecule has 1 aromatic carbocycles. The summed E-state index contributed by atoms with van der Waals surface area (Å²) in [4.78, 5) is 26.0. The standard InChI is InChI=1S/C16H16FN3O2.C2HF3O2/c1-20(2)9-10-6-7-14(22-10)16(21)19-13-8-18-12-5-3-4-11(17)15(12)13;3-2(4,5)1(6)7/h3-8,18H,9H2,1-2H3,(H,19,21);(H,6,7). The zero-order valence-electron chi connectivity index (χ0n) is 15.3. The number of carbonyl (C=O) groups excluding carboxylic acids is 1. The summed E-state index contributed by atoms with van der Waals surface area (Å²) in [7, 11) is 3.83. The number of rotatable bonds is 4. The first-order valence-corrected chi connectivity index (χ1v) is 8.09. The molecule has 0 radical (unpaired) electrons. The van der Waals surface area contributed by atoms with Gasteiger partial charge >= 0.3 is 12.1 Å². The number of nitrogens with one attached hydrogen (secondary N) is 2. The molecule has 2 heterocycles. The molecule has 156 valence electrons. The van der Waals surface area contributed by atoms with Gasteiger partial charge in [-0.05, 0) is 38.4 Å². The summed E-state index contributed by atoms with van der Waals surface area (Å²) in [5.74, 6) is -2.66. The molecule has 0 fully saturated rings. The number of carboxylic acid groups (broad SMARTS) is 1. The fourth-order valence-corrected chi connectivity index (χ4v) is 2.32. The zero-order chi connectivity index (χ0) is 21.8. The monoisotopic (exact) mass is 415 g/mol. The van der Waals surface area contributed by atoms with Crippen LogP contribution in [0.3, 0.4) is 0 Å². The van der Waals surface area contributed by atoms with E-state index >= 15 is 0 Å². The normalized spacial score (nSPS) is 11.3. The Labute approximate surface area is 161 Å². The predicted octanol–water partition coefficient (Wildman–Crippen LogP) is 3.85. The summed E-state index contributed by atoms with van der Waals surface area (Å²) < 4.78 is 51.1. The molecule has 7 nitrogen and oxygen atoms in total. The Kier molecular flexibility index (Phi) is 6.64. The molecule has 0 saturated carbocycles. The minimum absolute atomic E-state index is 0.197. The minimum atomic E-state index is -5.08. The molecule has 0 unspecified atom stereocenters. The van der Waals surface area contributed by atoms with Crippen LogP contribution in [0.1, 0.15) is 16.3 Å². The highest BCUT2D eigenvalue weighted by molar-refractivity contribution is 6.07. The van der Waals surface area contributed by atoms with Crippen molar-refractivity contribution in [1.82, 2.24) is 9.88 Å². The maximum absolute atomic E-state index is 13.9. The van der Waals surface area contributed by atoms with Gasteiger partial charge in [0.15, 0.2) is 5.76 Å². The van der Waals surface area contributed by atoms with Crippen LogP contribution in [-0.4, -0.2) is 47.1 Å². The maximum Gasteiger partial charge on any atom is 0.490 e. The Morgan fingerprint density at radius 1 is 1.21 bits per heavy atom. The van der Waals surface area contributed by atoms with Crippen molar-refractivity contribution in [3.05, 3.63) is 53.9 Å². The Hall–Kier alpha value is -3.34. The number of fused-ring (bicyclic) bond motifs is 1. The minimum Gasteiger partial charge on any atom is -0.475 e. The first kappa shape index (κ1) is 22.0. The number of hydrogen-bond donors (Lipinski definition) is 3. The van der Waals surface area contributed by atoms with Crippen LogP contribution in [0.4, 0.5) is 23.2 Å². The lowest BCUT2D eigenvalue weighted by Crippen LogP contribution is -2.21. The second-order valence-corrected chi connectivity index (χ2v) is 6.13. The lowest BCUT2D eigenvalue weighted by Gasteiger charge is -2.06. The number of H-pyrrole nitrogens is 1. The second kappa shape index (κ2) is 8.78. The molecule has 0 saturated heterocycles. The van der Waals surface area contributed by atoms with Crippen molar-refractivity contribution in [3.8, 4) is 0 Å². The van der Waals surface area contributed by atoms with Gasteiger partial charge in [0.1, 0.15) is 11.6 Å². The van der Waals surface area contributed by atoms with E-state index in [4.69, 9.17) is 14.3 Å². The number of aromatic nitrogens is 1. The van der Waals surface area contributed by atoms with E-state index in [0.717, 1.165) is 0 Å². The zero-order valence-corrected chi connectivity index (χ0v) is 15.3. The van der Waals surface area contributed by atoms with E-state index in [0.29, 0.717) is 28.9 Å². The first-order valence-electron chi connectivity index (χ1n) is 8.09. The fraction of sp³-hybridized carbons (Fsp3) is 0.222. The number of hydrogen-bond acceptors (Lipinski definition) is 4. The number of nitrogens with zero attached hydrogens (tertiary/aromatic N) is 1. The topological polar surface area (TPSA) is 98.6 Å². The Morgan fingerprint density at radius 3 is 2.45 bits per heavy atom. The SMILES string of the molecule is CN(C)Cc1ccc(C(=O)Nc2c[nH]c3cccc(F)c23)o1.O=C(O)C(F)(F)F. The van der Waals surface area contributed by atoms with E-state index in [1.54, 1.807) is 30.5 Å². The van der Waals surface area contributed by atoms with E-state index < -0.39 is 18.1 Å². The van der Waals surface area contributed by atoms with Crippen molar-refractivity contribution in [1.29, 1.82) is 0 Å². The van der Waals surface area contributed by atoms with Gasteiger partial charge in [-0.3, -0.25) is 4.79 Å². The van der Waals surface area contributed by atoms with Crippen molar-refractivity contribution < 1.29 is 36.7 Å². The van der Waals surface area contributed by atoms with Gasteiger partial charge in [-0.2, -0.15) is 13.2 Å². The molecule has 11 heteroatoms. The van der Waals surface area contributed by atoms with Crippen molar-refractivity contribution >= 4 is 28.5 Å². The summed E-state index contributed by atoms with van der Waals surface area (Å²) in [6.07, 6.45) is -3.52. The number of carboxylic acids is 1. The number of aliphatic carboxylic acids is 1. The fourth-order valence-electron chi connectivity index (χ4n) is 2.32. The molecule has 0 aliphatic rings. The summed E-state index contributed by atoms with van der Waals surface area (Å²) >= 11 is 0. The highest BCUT2D eigenvalue weighted by Gasteiger charge is 2.38. The van der Waals surface area contributed by atoms with E-state index in [1.165, 1.54) is 6.07 Å². The third-order valence-electron chi connectivity index (χ3n) is 3.50. The number of amides is 1. The van der Waals surface area contributed by atoms with Crippen molar-refractivity contribution in [3.63, 3.8) is 0 Å². The molecule has 2 aromatic heterocycles. The van der Waals surface area contributed by atoms with Gasteiger partial charge in [0.25, 0.3) is 5.91 Å². The molecular weight excluding hydrogens is 398 g/mol. The molecule has 3 rings (SSSR count). The Morgan fingerprint density at radius 2 is 1.86 bits per heavy atom. The van der Waals surface area contributed by atoms with Crippen LogP contribution in [0.5, 0.6) is 0 Å². The van der Waals surface area contributed by atoms with Crippen molar-refractivity contribution in [2.45, 2.75) is 12.7 Å². The lowest BCUT2D eigenvalue weighted by molar-refractivity contribution is -0.192. The lowest BCUT2D eigenvalue weighted by atomic mass is 10.2. The van der Waals surface area contributed by atoms with Gasteiger partial charge in [0.05, 0.1) is 23.1 Å². The van der Waals surface area contributed by atoms with E-state index in [-0.39, 0.29) is 11.6 Å². The van der Waals surface area contributed by atoms with Crippen LogP contribution >= 0.6 is 0 Å². The third kappa shape index (κ3) is 5.82. The van der Waals surface area contributed by atoms with Crippen LogP contribution in [0.25, 0.3) is 10.9 Å². The summed E-state index contributed by atoms with van der Waals surface area (Å²) in [6.45, 7) is 0.606. The molecule has 3 N–H and O–H groups in total. The number of anilines is 1. The third-order valence-corrected chi connectivity index (χ3v) is 3.50. The van der Waals surface area contributed by atoms with E-state index in [2.05, 4.69) is 10.3 Å². The van der Waals surface area contributed by atoms with Crippen LogP contribution in [0, 0.1) is 5.82 Å². The van der Waals surface area contributed by atoms with Gasteiger partial charge in [0.2, 0.25) is 0 Å². The number of aromatic amines is 1. The predicted molar refractivity (Wildman–Crippen MR) is 96.0 cm³/mol. The quantitative estimate of drug-likeness (QED) is 0.563. The van der Waals surface area contributed by atoms with E-state index in [1.807, 2.05) is 19.0 Å². The Bertz CT molecular complexity index is 1010. The van der Waals surface area contributed by atoms with Crippen molar-refractivity contribution in [2.75, 3.05) is 19.4 Å². The first-order chi connectivity index (χ1) is 13.5. The molecule has 29 heavy (non-hydrogen) atoms. The molecule has 1 amide bonds. The number of carbonyl (C=O) groups is 2. The highest BCUT2D eigenvalue weighted by atomic mass is 19.4. The molecule has 0 bridgehead atoms. The van der Waals surface area contributed by atoms with Crippen molar-refractivity contribution in [2.24, 2.45) is 0 Å². The molecule has 0 aliphatic carbocycles. The van der Waals surface area contributed by atoms with Crippen LogP contribution in [0.2, 0.25) is 0 Å². The number of benzene rings is 1. The summed E-state index contributed by atoms with van der Waals surface area (Å²) in [5.41, 5.74) is 1.02. The van der Waals surface area contributed by atoms with E-state index in [9.17, 15) is 22.4 Å². The van der Waals surface area contributed by atoms with Gasteiger partial charge < -0.3 is 24.7 Å². The molecule has 3 aromatic rings. The Balaban J connectivity index is 0.000000370. The summed E-state index contributed by atoms with van der Waals surface area (Å²) in [6, 6.07) is 8.08. The maximum atomic E-state index is 13.9. The van der Waals surface area contributed by atoms with Gasteiger partial charge in [-0.1, -0.05) is 6.07 Å². The average Bonchev–Trinajstić information content (AvgIpc) is 3.22. The number of halogens is 4. The number of alkyl halides is 3. The summed E-state index contributed by atoms with van der Waals surface area (Å²) in [5, 5.41) is 10.2. The molecular formula is C18H17F4N3O4. The van der Waals surface area contributed by atoms with Crippen LogP contribution in [0.15, 0.2) is 40.9 Å². The van der Waals surface area contributed by atoms with Gasteiger partial charge in [-0.25, -0.2) is 9.18 Å². The number of furan rings is 1. The smallest absolute Gasteiger partial charge is 0.475 e. The molecule has 0 aliphatic heterocycles.